The molecule has 0 aromatic carbocycles. The highest BCUT2D eigenvalue weighted by atomic mass is 16.3. The number of urea groups is 1. The van der Waals surface area contributed by atoms with Gasteiger partial charge >= 0.3 is 6.03 Å². The first-order valence-corrected chi connectivity index (χ1v) is 4.86. The number of β-amino-alcohol motifs (C(OH)–C–C–N with tert-alkyl or cyclic N) is 1. The maximum atomic E-state index is 11.4. The molecule has 76 valence electrons. The Bertz CT molecular complexity index is 184. The second-order valence-electron chi connectivity index (χ2n) is 3.54. The number of carbonyl (C=O) groups excluding carboxylic acids is 1. The highest BCUT2D eigenvalue weighted by Gasteiger charge is 2.32. The Morgan fingerprint density at radius 1 is 1.54 bits per heavy atom. The standard InChI is InChI=1S/C9H18N2O2/c1-3-4-5-6-11-8(12)7-10(2)9(11)13/h8,12H,3-7H2,1-2H3. The van der Waals surface area contributed by atoms with E-state index in [1.165, 1.54) is 4.90 Å². The summed E-state index contributed by atoms with van der Waals surface area (Å²) in [5.41, 5.74) is 0. The SMILES string of the molecule is CCCCCN1C(=O)N(C)CC1O. The van der Waals surface area contributed by atoms with Crippen LogP contribution in [-0.4, -0.2) is 47.3 Å². The van der Waals surface area contributed by atoms with E-state index in [9.17, 15) is 9.90 Å². The lowest BCUT2D eigenvalue weighted by Gasteiger charge is -2.18. The highest BCUT2D eigenvalue weighted by molar-refractivity contribution is 5.76. The van der Waals surface area contributed by atoms with Gasteiger partial charge in [-0.3, -0.25) is 4.90 Å². The van der Waals surface area contributed by atoms with Gasteiger partial charge in [-0.05, 0) is 6.42 Å². The molecular weight excluding hydrogens is 168 g/mol. The molecule has 0 saturated carbocycles. The van der Waals surface area contributed by atoms with Crippen LogP contribution >= 0.6 is 0 Å². The van der Waals surface area contributed by atoms with Gasteiger partial charge in [-0.1, -0.05) is 19.8 Å². The van der Waals surface area contributed by atoms with Gasteiger partial charge in [0, 0.05) is 13.6 Å². The number of unbranched alkanes of at least 4 members (excludes halogenated alkanes) is 2. The van der Waals surface area contributed by atoms with E-state index in [-0.39, 0.29) is 6.03 Å². The van der Waals surface area contributed by atoms with Gasteiger partial charge in [-0.15, -0.1) is 0 Å². The maximum Gasteiger partial charge on any atom is 0.322 e. The summed E-state index contributed by atoms with van der Waals surface area (Å²) in [6.07, 6.45) is 2.62. The van der Waals surface area contributed by atoms with Gasteiger partial charge in [0.1, 0.15) is 6.23 Å². The van der Waals surface area contributed by atoms with Gasteiger partial charge in [-0.25, -0.2) is 4.79 Å². The number of aliphatic hydroxyl groups is 1. The molecule has 0 aliphatic carbocycles. The number of hydrogen-bond acceptors (Lipinski definition) is 2. The molecule has 1 heterocycles. The normalized spacial score (nSPS) is 23.0. The lowest BCUT2D eigenvalue weighted by molar-refractivity contribution is 0.0625. The van der Waals surface area contributed by atoms with Crippen LogP contribution in [0.1, 0.15) is 26.2 Å². The average molecular weight is 186 g/mol. The van der Waals surface area contributed by atoms with Crippen LogP contribution in [0.2, 0.25) is 0 Å². The largest absolute Gasteiger partial charge is 0.372 e. The third kappa shape index (κ3) is 2.34. The van der Waals surface area contributed by atoms with Crippen molar-refractivity contribution in [3.05, 3.63) is 0 Å². The second kappa shape index (κ2) is 4.46. The third-order valence-corrected chi connectivity index (χ3v) is 2.37. The first kappa shape index (κ1) is 10.3. The van der Waals surface area contributed by atoms with Crippen LogP contribution in [-0.2, 0) is 0 Å². The topological polar surface area (TPSA) is 43.8 Å². The minimum absolute atomic E-state index is 0.0522. The molecule has 0 aromatic heterocycles. The van der Waals surface area contributed by atoms with E-state index < -0.39 is 6.23 Å². The van der Waals surface area contributed by atoms with E-state index in [0.29, 0.717) is 13.1 Å². The molecule has 1 rings (SSSR count). The van der Waals surface area contributed by atoms with Crippen molar-refractivity contribution in [1.82, 2.24) is 9.80 Å². The van der Waals surface area contributed by atoms with Crippen molar-refractivity contribution >= 4 is 6.03 Å². The fourth-order valence-corrected chi connectivity index (χ4v) is 1.55. The smallest absolute Gasteiger partial charge is 0.322 e. The molecule has 4 nitrogen and oxygen atoms in total. The van der Waals surface area contributed by atoms with E-state index in [2.05, 4.69) is 6.92 Å². The molecule has 0 bridgehead atoms. The lowest BCUT2D eigenvalue weighted by Crippen LogP contribution is -2.35. The number of carbonyl (C=O) groups is 1. The zero-order valence-corrected chi connectivity index (χ0v) is 8.36. The van der Waals surface area contributed by atoms with Crippen LogP contribution in [0.5, 0.6) is 0 Å². The Balaban J connectivity index is 2.35. The van der Waals surface area contributed by atoms with E-state index in [4.69, 9.17) is 0 Å². The zero-order chi connectivity index (χ0) is 9.84. The van der Waals surface area contributed by atoms with Crippen molar-refractivity contribution in [3.63, 3.8) is 0 Å². The van der Waals surface area contributed by atoms with Crippen molar-refractivity contribution in [2.24, 2.45) is 0 Å². The molecule has 0 spiro atoms. The minimum atomic E-state index is -0.602. The predicted molar refractivity (Wildman–Crippen MR) is 50.3 cm³/mol. The number of hydrogen-bond donors (Lipinski definition) is 1. The highest BCUT2D eigenvalue weighted by Crippen LogP contribution is 2.13. The van der Waals surface area contributed by atoms with Gasteiger partial charge in [-0.2, -0.15) is 0 Å². The van der Waals surface area contributed by atoms with E-state index in [0.717, 1.165) is 19.3 Å². The predicted octanol–water partition coefficient (Wildman–Crippen LogP) is 0.862. The average Bonchev–Trinajstić information content (AvgIpc) is 2.32. The van der Waals surface area contributed by atoms with E-state index in [1.807, 2.05) is 0 Å². The molecule has 2 amide bonds. The summed E-state index contributed by atoms with van der Waals surface area (Å²) in [6.45, 7) is 3.23. The minimum Gasteiger partial charge on any atom is -0.372 e. The van der Waals surface area contributed by atoms with Crippen molar-refractivity contribution in [2.75, 3.05) is 20.1 Å². The molecule has 0 radical (unpaired) electrons. The third-order valence-electron chi connectivity index (χ3n) is 2.37. The summed E-state index contributed by atoms with van der Waals surface area (Å²) in [6, 6.07) is -0.0522. The number of aliphatic hydroxyl groups excluding tert-OH is 1. The molecule has 1 fully saturated rings. The fraction of sp³-hybridized carbons (Fsp3) is 0.889. The summed E-state index contributed by atoms with van der Waals surface area (Å²) >= 11 is 0. The number of amides is 2. The molecule has 1 N–H and O–H groups in total. The van der Waals surface area contributed by atoms with Crippen LogP contribution in [0.15, 0.2) is 0 Å². The Morgan fingerprint density at radius 2 is 2.23 bits per heavy atom. The van der Waals surface area contributed by atoms with Gasteiger partial charge in [0.05, 0.1) is 6.54 Å². The van der Waals surface area contributed by atoms with E-state index >= 15 is 0 Å². The van der Waals surface area contributed by atoms with Gasteiger partial charge in [0.15, 0.2) is 0 Å². The quantitative estimate of drug-likeness (QED) is 0.662. The van der Waals surface area contributed by atoms with Crippen LogP contribution in [0.3, 0.4) is 0 Å². The Hall–Kier alpha value is -0.770. The molecule has 1 saturated heterocycles. The van der Waals surface area contributed by atoms with Crippen molar-refractivity contribution < 1.29 is 9.90 Å². The summed E-state index contributed by atoms with van der Waals surface area (Å²) < 4.78 is 0. The van der Waals surface area contributed by atoms with Crippen LogP contribution < -0.4 is 0 Å². The van der Waals surface area contributed by atoms with Crippen LogP contribution in [0.25, 0.3) is 0 Å². The van der Waals surface area contributed by atoms with Gasteiger partial charge in [0.25, 0.3) is 0 Å². The molecule has 0 aromatic rings. The van der Waals surface area contributed by atoms with Crippen molar-refractivity contribution in [3.8, 4) is 0 Å². The van der Waals surface area contributed by atoms with Crippen LogP contribution in [0, 0.1) is 0 Å². The van der Waals surface area contributed by atoms with Gasteiger partial charge < -0.3 is 10.0 Å². The Labute approximate surface area is 79.1 Å². The zero-order valence-electron chi connectivity index (χ0n) is 8.36. The van der Waals surface area contributed by atoms with Crippen molar-refractivity contribution in [2.45, 2.75) is 32.4 Å². The summed E-state index contributed by atoms with van der Waals surface area (Å²) in [7, 11) is 1.71. The molecule has 1 unspecified atom stereocenters. The molecule has 13 heavy (non-hydrogen) atoms. The van der Waals surface area contributed by atoms with Gasteiger partial charge in [0.2, 0.25) is 0 Å². The van der Waals surface area contributed by atoms with Crippen molar-refractivity contribution in [1.29, 1.82) is 0 Å². The number of likely N-dealkylation sites (N-methyl/N-ethyl adjacent to an activating group) is 1. The first-order chi connectivity index (χ1) is 6.16. The Morgan fingerprint density at radius 3 is 2.69 bits per heavy atom. The second-order valence-corrected chi connectivity index (χ2v) is 3.54. The number of nitrogens with zero attached hydrogens (tertiary/aromatic N) is 2. The molecule has 1 atom stereocenters. The first-order valence-electron chi connectivity index (χ1n) is 4.86. The fourth-order valence-electron chi connectivity index (χ4n) is 1.55. The molecule has 4 heteroatoms. The summed E-state index contributed by atoms with van der Waals surface area (Å²) in [4.78, 5) is 14.5. The molecular formula is C9H18N2O2. The summed E-state index contributed by atoms with van der Waals surface area (Å²) in [5.74, 6) is 0. The maximum absolute atomic E-state index is 11.4. The van der Waals surface area contributed by atoms with Crippen LogP contribution in [0.4, 0.5) is 4.79 Å². The number of rotatable bonds is 4. The lowest BCUT2D eigenvalue weighted by atomic mass is 10.2. The van der Waals surface area contributed by atoms with E-state index in [1.54, 1.807) is 11.9 Å². The Kier molecular flexibility index (Phi) is 3.54. The molecule has 1 aliphatic heterocycles. The monoisotopic (exact) mass is 186 g/mol. The summed E-state index contributed by atoms with van der Waals surface area (Å²) in [5, 5.41) is 9.49. The molecule has 1 aliphatic rings.